The topological polar surface area (TPSA) is 68.3 Å². The number of halogens is 5. The number of aromatic nitrogens is 1. The maximum absolute atomic E-state index is 11.8. The van der Waals surface area contributed by atoms with Crippen LogP contribution >= 0.6 is 23.2 Å². The monoisotopic (exact) mass is 352 g/mol. The van der Waals surface area contributed by atoms with Gasteiger partial charge in [0.25, 0.3) is 0 Å². The van der Waals surface area contributed by atoms with E-state index in [0.717, 1.165) is 12.3 Å². The second-order valence-electron chi connectivity index (χ2n) is 3.51. The molecule has 0 unspecified atom stereocenters. The van der Waals surface area contributed by atoms with E-state index in [4.69, 9.17) is 23.2 Å². The van der Waals surface area contributed by atoms with E-state index in [1.807, 2.05) is 4.72 Å². The van der Waals surface area contributed by atoms with Crippen LogP contribution in [0.3, 0.4) is 0 Å². The highest BCUT2D eigenvalue weighted by Gasteiger charge is 2.27. The van der Waals surface area contributed by atoms with Gasteiger partial charge in [0.1, 0.15) is 16.7 Å². The summed E-state index contributed by atoms with van der Waals surface area (Å²) in [6.45, 7) is -2.19. The standard InChI is InChI=1S/C9H9Cl2F3N2O3S/c10-7-3-6(4-15-8(7)11)20(17,18)16-1-2-19-5-9(12,13)14/h3-4,16H,1-2,5H2. The molecule has 0 amide bonds. The first-order chi connectivity index (χ1) is 9.12. The molecule has 1 aromatic rings. The number of sulfonamides is 1. The zero-order valence-corrected chi connectivity index (χ0v) is 12.1. The summed E-state index contributed by atoms with van der Waals surface area (Å²) in [5.74, 6) is 0. The molecule has 0 aromatic carbocycles. The van der Waals surface area contributed by atoms with Crippen molar-refractivity contribution in [2.24, 2.45) is 0 Å². The SMILES string of the molecule is O=S(=O)(NCCOCC(F)(F)F)c1cnc(Cl)c(Cl)c1. The van der Waals surface area contributed by atoms with Crippen molar-refractivity contribution in [3.8, 4) is 0 Å². The van der Waals surface area contributed by atoms with Gasteiger partial charge in [0.15, 0.2) is 0 Å². The van der Waals surface area contributed by atoms with E-state index in [9.17, 15) is 21.6 Å². The molecule has 5 nitrogen and oxygen atoms in total. The van der Waals surface area contributed by atoms with Gasteiger partial charge in [0, 0.05) is 12.7 Å². The first-order valence-corrected chi connectivity index (χ1v) is 7.31. The van der Waals surface area contributed by atoms with Crippen molar-refractivity contribution >= 4 is 33.2 Å². The Morgan fingerprint density at radius 2 is 2.00 bits per heavy atom. The Morgan fingerprint density at radius 1 is 1.35 bits per heavy atom. The minimum absolute atomic E-state index is 0.0529. The fourth-order valence-electron chi connectivity index (χ4n) is 1.07. The van der Waals surface area contributed by atoms with Crippen molar-refractivity contribution in [1.29, 1.82) is 0 Å². The molecule has 0 spiro atoms. The number of rotatable bonds is 6. The van der Waals surface area contributed by atoms with Crippen molar-refractivity contribution in [2.75, 3.05) is 19.8 Å². The summed E-state index contributed by atoms with van der Waals surface area (Å²) < 4.78 is 65.0. The molecular weight excluding hydrogens is 344 g/mol. The van der Waals surface area contributed by atoms with Gasteiger partial charge in [-0.05, 0) is 6.07 Å². The van der Waals surface area contributed by atoms with Crippen LogP contribution in [0.2, 0.25) is 10.2 Å². The molecule has 1 rings (SSSR count). The van der Waals surface area contributed by atoms with Crippen molar-refractivity contribution in [3.63, 3.8) is 0 Å². The van der Waals surface area contributed by atoms with Crippen molar-refractivity contribution in [2.45, 2.75) is 11.1 Å². The predicted octanol–water partition coefficient (Wildman–Crippen LogP) is 2.25. The van der Waals surface area contributed by atoms with Gasteiger partial charge in [0.05, 0.1) is 11.6 Å². The molecule has 1 N–H and O–H groups in total. The summed E-state index contributed by atoms with van der Waals surface area (Å²) in [6, 6.07) is 1.08. The molecule has 1 heterocycles. The van der Waals surface area contributed by atoms with Crippen LogP contribution in [0.25, 0.3) is 0 Å². The van der Waals surface area contributed by atoms with E-state index in [1.54, 1.807) is 0 Å². The third-order valence-corrected chi connectivity index (χ3v) is 4.00. The maximum atomic E-state index is 11.8. The van der Waals surface area contributed by atoms with Crippen molar-refractivity contribution in [1.82, 2.24) is 9.71 Å². The van der Waals surface area contributed by atoms with E-state index in [0.29, 0.717) is 0 Å². The molecule has 0 aliphatic rings. The minimum atomic E-state index is -4.45. The fraction of sp³-hybridized carbons (Fsp3) is 0.444. The van der Waals surface area contributed by atoms with Gasteiger partial charge in [-0.1, -0.05) is 23.2 Å². The Bertz CT molecular complexity index is 566. The number of alkyl halides is 3. The van der Waals surface area contributed by atoms with Crippen LogP contribution in [-0.2, 0) is 14.8 Å². The van der Waals surface area contributed by atoms with Crippen LogP contribution in [0.1, 0.15) is 0 Å². The van der Waals surface area contributed by atoms with Gasteiger partial charge in [-0.3, -0.25) is 0 Å². The van der Waals surface area contributed by atoms with Crippen LogP contribution in [0, 0.1) is 0 Å². The molecule has 0 aliphatic heterocycles. The van der Waals surface area contributed by atoms with Gasteiger partial charge in [0.2, 0.25) is 10.0 Å². The van der Waals surface area contributed by atoms with Gasteiger partial charge in [-0.25, -0.2) is 18.1 Å². The Balaban J connectivity index is 2.52. The highest BCUT2D eigenvalue weighted by atomic mass is 35.5. The number of pyridine rings is 1. The molecule has 0 saturated carbocycles. The van der Waals surface area contributed by atoms with Gasteiger partial charge < -0.3 is 4.74 Å². The largest absolute Gasteiger partial charge is 0.411 e. The maximum Gasteiger partial charge on any atom is 0.411 e. The second kappa shape index (κ2) is 6.90. The summed E-state index contributed by atoms with van der Waals surface area (Å²) in [6.07, 6.45) is -3.47. The number of hydrogen-bond donors (Lipinski definition) is 1. The smallest absolute Gasteiger partial charge is 0.371 e. The lowest BCUT2D eigenvalue weighted by atomic mass is 10.5. The Hall–Kier alpha value is -0.610. The Morgan fingerprint density at radius 3 is 2.55 bits per heavy atom. The first kappa shape index (κ1) is 17.4. The molecule has 0 fully saturated rings. The molecule has 0 saturated heterocycles. The van der Waals surface area contributed by atoms with Crippen LogP contribution in [0.5, 0.6) is 0 Å². The zero-order valence-electron chi connectivity index (χ0n) is 9.75. The average molecular weight is 353 g/mol. The lowest BCUT2D eigenvalue weighted by molar-refractivity contribution is -0.173. The predicted molar refractivity (Wildman–Crippen MR) is 66.3 cm³/mol. The lowest BCUT2D eigenvalue weighted by Gasteiger charge is -2.09. The van der Waals surface area contributed by atoms with Crippen LogP contribution in [-0.4, -0.2) is 39.3 Å². The van der Waals surface area contributed by atoms with E-state index in [-0.39, 0.29) is 21.6 Å². The summed E-state index contributed by atoms with van der Waals surface area (Å²) in [7, 11) is -3.93. The Labute approximate surface area is 123 Å². The highest BCUT2D eigenvalue weighted by molar-refractivity contribution is 7.89. The van der Waals surface area contributed by atoms with Crippen LogP contribution in [0.4, 0.5) is 13.2 Å². The van der Waals surface area contributed by atoms with Gasteiger partial charge >= 0.3 is 6.18 Å². The average Bonchev–Trinajstić information content (AvgIpc) is 2.30. The summed E-state index contributed by atoms with van der Waals surface area (Å²) in [5.41, 5.74) is 0. The second-order valence-corrected chi connectivity index (χ2v) is 6.04. The summed E-state index contributed by atoms with van der Waals surface area (Å²) in [5, 5.41) is -0.109. The molecule has 0 bridgehead atoms. The Kier molecular flexibility index (Phi) is 6.02. The van der Waals surface area contributed by atoms with Crippen LogP contribution < -0.4 is 4.72 Å². The van der Waals surface area contributed by atoms with Crippen molar-refractivity contribution < 1.29 is 26.3 Å². The van der Waals surface area contributed by atoms with Crippen molar-refractivity contribution in [3.05, 3.63) is 22.4 Å². The van der Waals surface area contributed by atoms with Gasteiger partial charge in [-0.15, -0.1) is 0 Å². The molecule has 1 aromatic heterocycles. The molecule has 11 heteroatoms. The number of ether oxygens (including phenoxy) is 1. The molecule has 0 aliphatic carbocycles. The summed E-state index contributed by atoms with van der Waals surface area (Å²) in [4.78, 5) is 3.31. The summed E-state index contributed by atoms with van der Waals surface area (Å²) >= 11 is 11.2. The van der Waals surface area contributed by atoms with E-state index < -0.39 is 29.4 Å². The number of hydrogen-bond acceptors (Lipinski definition) is 4. The fourth-order valence-corrected chi connectivity index (χ4v) is 2.39. The normalized spacial score (nSPS) is 12.7. The molecule has 114 valence electrons. The van der Waals surface area contributed by atoms with Gasteiger partial charge in [-0.2, -0.15) is 13.2 Å². The number of nitrogens with zero attached hydrogens (tertiary/aromatic N) is 1. The molecular formula is C9H9Cl2F3N2O3S. The third kappa shape index (κ3) is 5.80. The lowest BCUT2D eigenvalue weighted by Crippen LogP contribution is -2.29. The third-order valence-electron chi connectivity index (χ3n) is 1.89. The van der Waals surface area contributed by atoms with E-state index >= 15 is 0 Å². The molecule has 0 radical (unpaired) electrons. The van der Waals surface area contributed by atoms with E-state index in [2.05, 4.69) is 9.72 Å². The van der Waals surface area contributed by atoms with Crippen LogP contribution in [0.15, 0.2) is 17.2 Å². The molecule has 0 atom stereocenters. The zero-order chi connectivity index (χ0) is 15.4. The highest BCUT2D eigenvalue weighted by Crippen LogP contribution is 2.21. The number of nitrogens with one attached hydrogen (secondary N) is 1. The molecule has 20 heavy (non-hydrogen) atoms. The quantitative estimate of drug-likeness (QED) is 0.629. The first-order valence-electron chi connectivity index (χ1n) is 5.07. The van der Waals surface area contributed by atoms with E-state index in [1.165, 1.54) is 0 Å². The minimum Gasteiger partial charge on any atom is -0.371 e.